The Morgan fingerprint density at radius 1 is 1.45 bits per heavy atom. The molecule has 1 aromatic carbocycles. The van der Waals surface area contributed by atoms with Gasteiger partial charge >= 0.3 is 0 Å². The van der Waals surface area contributed by atoms with Gasteiger partial charge in [0.05, 0.1) is 35.8 Å². The van der Waals surface area contributed by atoms with Crippen LogP contribution in [0.1, 0.15) is 24.4 Å². The van der Waals surface area contributed by atoms with E-state index in [0.717, 1.165) is 16.8 Å². The number of benzene rings is 1. The van der Waals surface area contributed by atoms with Gasteiger partial charge in [0.2, 0.25) is 5.91 Å². The molecule has 102 valence electrons. The van der Waals surface area contributed by atoms with Gasteiger partial charge in [0.25, 0.3) is 0 Å². The van der Waals surface area contributed by atoms with Gasteiger partial charge in [-0.05, 0) is 18.4 Å². The van der Waals surface area contributed by atoms with Crippen LogP contribution in [-0.4, -0.2) is 26.7 Å². The molecule has 20 heavy (non-hydrogen) atoms. The quantitative estimate of drug-likeness (QED) is 0.874. The summed E-state index contributed by atoms with van der Waals surface area (Å²) < 4.78 is 1.94. The maximum Gasteiger partial charge on any atom is 0.226 e. The lowest BCUT2D eigenvalue weighted by molar-refractivity contribution is -0.128. The SMILES string of the molecule is NC(=O)C1([C@@H](O)[C@H]2c3ccccc3-c3cncn32)CC1. The minimum atomic E-state index is -0.809. The van der Waals surface area contributed by atoms with Crippen LogP contribution in [0.25, 0.3) is 11.3 Å². The van der Waals surface area contributed by atoms with Crippen LogP contribution in [0.3, 0.4) is 0 Å². The summed E-state index contributed by atoms with van der Waals surface area (Å²) in [5, 5.41) is 10.8. The predicted octanol–water partition coefficient (Wildman–Crippen LogP) is 1.08. The number of carbonyl (C=O) groups excluding carboxylic acids is 1. The van der Waals surface area contributed by atoms with E-state index in [2.05, 4.69) is 4.98 Å². The molecule has 0 spiro atoms. The second-order valence-corrected chi connectivity index (χ2v) is 5.68. The third-order valence-corrected chi connectivity index (χ3v) is 4.67. The molecule has 1 saturated carbocycles. The number of primary amides is 1. The van der Waals surface area contributed by atoms with Crippen LogP contribution in [0.15, 0.2) is 36.8 Å². The van der Waals surface area contributed by atoms with Crippen LogP contribution >= 0.6 is 0 Å². The highest BCUT2D eigenvalue weighted by molar-refractivity contribution is 5.85. The number of amides is 1. The summed E-state index contributed by atoms with van der Waals surface area (Å²) in [5.74, 6) is -0.406. The Morgan fingerprint density at radius 3 is 2.90 bits per heavy atom. The molecule has 0 saturated heterocycles. The number of rotatable bonds is 3. The number of hydrogen-bond donors (Lipinski definition) is 2. The van der Waals surface area contributed by atoms with E-state index in [1.807, 2.05) is 28.8 Å². The molecule has 2 aromatic rings. The van der Waals surface area contributed by atoms with Gasteiger partial charge in [-0.1, -0.05) is 24.3 Å². The highest BCUT2D eigenvalue weighted by Gasteiger charge is 2.58. The third-order valence-electron chi connectivity index (χ3n) is 4.67. The van der Waals surface area contributed by atoms with E-state index in [4.69, 9.17) is 5.73 Å². The average molecular weight is 269 g/mol. The molecule has 1 aliphatic heterocycles. The molecular weight excluding hydrogens is 254 g/mol. The van der Waals surface area contributed by atoms with Crippen LogP contribution in [0.5, 0.6) is 0 Å². The predicted molar refractivity (Wildman–Crippen MR) is 72.7 cm³/mol. The number of nitrogens with zero attached hydrogens (tertiary/aromatic N) is 2. The molecule has 5 heteroatoms. The van der Waals surface area contributed by atoms with Crippen LogP contribution < -0.4 is 5.73 Å². The molecule has 5 nitrogen and oxygen atoms in total. The molecule has 3 N–H and O–H groups in total. The summed E-state index contributed by atoms with van der Waals surface area (Å²) in [6.45, 7) is 0. The van der Waals surface area contributed by atoms with E-state index in [9.17, 15) is 9.90 Å². The molecule has 1 aliphatic carbocycles. The highest BCUT2D eigenvalue weighted by Crippen LogP contribution is 2.54. The first-order valence-electron chi connectivity index (χ1n) is 6.74. The van der Waals surface area contributed by atoms with Crippen LogP contribution in [0.4, 0.5) is 0 Å². The molecule has 0 radical (unpaired) electrons. The maximum absolute atomic E-state index is 11.7. The van der Waals surface area contributed by atoms with E-state index in [-0.39, 0.29) is 6.04 Å². The lowest BCUT2D eigenvalue weighted by Crippen LogP contribution is -2.40. The van der Waals surface area contributed by atoms with E-state index in [0.29, 0.717) is 12.8 Å². The van der Waals surface area contributed by atoms with Crippen LogP contribution in [0, 0.1) is 5.41 Å². The third kappa shape index (κ3) is 1.30. The molecule has 1 fully saturated rings. The minimum Gasteiger partial charge on any atom is -0.389 e. The Balaban J connectivity index is 1.85. The molecule has 2 atom stereocenters. The Kier molecular flexibility index (Phi) is 2.16. The molecule has 2 heterocycles. The van der Waals surface area contributed by atoms with Crippen molar-refractivity contribution >= 4 is 5.91 Å². The standard InChI is InChI=1S/C15H15N3O2/c16-14(20)15(5-6-15)13(19)12-10-4-2-1-3-9(10)11-7-17-8-18(11)12/h1-4,7-8,12-13,19H,5-6H2,(H2,16,20)/t12-,13+/m1/s1. The summed E-state index contributed by atoms with van der Waals surface area (Å²) in [6, 6.07) is 7.64. The lowest BCUT2D eigenvalue weighted by Gasteiger charge is -2.27. The number of hydrogen-bond acceptors (Lipinski definition) is 3. The summed E-state index contributed by atoms with van der Waals surface area (Å²) in [7, 11) is 0. The van der Waals surface area contributed by atoms with Crippen LogP contribution in [0.2, 0.25) is 0 Å². The molecule has 0 bridgehead atoms. The Morgan fingerprint density at radius 2 is 2.20 bits per heavy atom. The van der Waals surface area contributed by atoms with Gasteiger partial charge in [0.15, 0.2) is 0 Å². The molecule has 1 aromatic heterocycles. The number of nitrogens with two attached hydrogens (primary N) is 1. The van der Waals surface area contributed by atoms with Crippen molar-refractivity contribution < 1.29 is 9.90 Å². The molecule has 0 unspecified atom stereocenters. The van der Waals surface area contributed by atoms with Gasteiger partial charge < -0.3 is 15.4 Å². The normalized spacial score (nSPS) is 22.9. The summed E-state index contributed by atoms with van der Waals surface area (Å²) in [5.41, 5.74) is 7.79. The molecule has 4 rings (SSSR count). The zero-order valence-electron chi connectivity index (χ0n) is 10.9. The second-order valence-electron chi connectivity index (χ2n) is 5.68. The number of aromatic nitrogens is 2. The van der Waals surface area contributed by atoms with E-state index in [1.54, 1.807) is 12.5 Å². The van der Waals surface area contributed by atoms with Crippen molar-refractivity contribution in [3.63, 3.8) is 0 Å². The van der Waals surface area contributed by atoms with Gasteiger partial charge in [0, 0.05) is 5.56 Å². The molecular formula is C15H15N3O2. The van der Waals surface area contributed by atoms with E-state index >= 15 is 0 Å². The van der Waals surface area contributed by atoms with Crippen molar-refractivity contribution in [2.45, 2.75) is 25.0 Å². The number of imidazole rings is 1. The fourth-order valence-corrected chi connectivity index (χ4v) is 3.32. The molecule has 2 aliphatic rings. The lowest BCUT2D eigenvalue weighted by atomic mass is 9.88. The fraction of sp³-hybridized carbons (Fsp3) is 0.333. The first-order chi connectivity index (χ1) is 9.65. The highest BCUT2D eigenvalue weighted by atomic mass is 16.3. The second kappa shape index (κ2) is 3.70. The van der Waals surface area contributed by atoms with Crippen LogP contribution in [-0.2, 0) is 4.79 Å². The summed E-state index contributed by atoms with van der Waals surface area (Å²) >= 11 is 0. The smallest absolute Gasteiger partial charge is 0.226 e. The van der Waals surface area contributed by atoms with Crippen molar-refractivity contribution in [1.82, 2.24) is 9.55 Å². The van der Waals surface area contributed by atoms with Crippen molar-refractivity contribution in [2.24, 2.45) is 11.1 Å². The van der Waals surface area contributed by atoms with Crippen molar-refractivity contribution in [3.05, 3.63) is 42.4 Å². The van der Waals surface area contributed by atoms with Gasteiger partial charge in [0.1, 0.15) is 0 Å². The van der Waals surface area contributed by atoms with E-state index in [1.165, 1.54) is 0 Å². The number of carbonyl (C=O) groups is 1. The largest absolute Gasteiger partial charge is 0.389 e. The average Bonchev–Trinajstić information content (AvgIpc) is 3.03. The van der Waals surface area contributed by atoms with Gasteiger partial charge in [-0.2, -0.15) is 0 Å². The fourth-order valence-electron chi connectivity index (χ4n) is 3.32. The zero-order chi connectivity index (χ0) is 13.9. The van der Waals surface area contributed by atoms with Crippen molar-refractivity contribution in [3.8, 4) is 11.3 Å². The Hall–Kier alpha value is -2.14. The van der Waals surface area contributed by atoms with Gasteiger partial charge in [-0.3, -0.25) is 4.79 Å². The summed E-state index contributed by atoms with van der Waals surface area (Å²) in [6.07, 6.45) is 4.00. The summed E-state index contributed by atoms with van der Waals surface area (Å²) in [4.78, 5) is 15.8. The first-order valence-corrected chi connectivity index (χ1v) is 6.74. The number of fused-ring (bicyclic) bond motifs is 3. The Labute approximate surface area is 116 Å². The zero-order valence-corrected chi connectivity index (χ0v) is 10.9. The monoisotopic (exact) mass is 269 g/mol. The first kappa shape index (κ1) is 11.7. The minimum absolute atomic E-state index is 0.279. The number of aliphatic hydroxyl groups excluding tert-OH is 1. The molecule has 1 amide bonds. The Bertz CT molecular complexity index is 703. The maximum atomic E-state index is 11.7. The van der Waals surface area contributed by atoms with Gasteiger partial charge in [-0.15, -0.1) is 0 Å². The number of aliphatic hydroxyl groups is 1. The van der Waals surface area contributed by atoms with Crippen molar-refractivity contribution in [1.29, 1.82) is 0 Å². The topological polar surface area (TPSA) is 81.1 Å². The van der Waals surface area contributed by atoms with E-state index < -0.39 is 17.4 Å². The van der Waals surface area contributed by atoms with Crippen molar-refractivity contribution in [2.75, 3.05) is 0 Å². The van der Waals surface area contributed by atoms with Gasteiger partial charge in [-0.25, -0.2) is 4.98 Å².